The van der Waals surface area contributed by atoms with Crippen molar-refractivity contribution in [3.63, 3.8) is 0 Å². The van der Waals surface area contributed by atoms with E-state index in [0.717, 1.165) is 0 Å². The molecule has 0 radical (unpaired) electrons. The molecule has 0 aromatic heterocycles. The van der Waals surface area contributed by atoms with Gasteiger partial charge in [0.1, 0.15) is 11.5 Å². The third-order valence-corrected chi connectivity index (χ3v) is 8.94. The lowest BCUT2D eigenvalue weighted by Crippen LogP contribution is -2.69. The third kappa shape index (κ3) is 1.22. The second-order valence-electron chi connectivity index (χ2n) is 9.91. The summed E-state index contributed by atoms with van der Waals surface area (Å²) in [4.78, 5) is 26.8. The zero-order chi connectivity index (χ0) is 19.0. The average molecular weight is 362 g/mol. The van der Waals surface area contributed by atoms with E-state index >= 15 is 0 Å². The highest BCUT2D eigenvalue weighted by Crippen LogP contribution is 2.80. The zero-order valence-corrected chi connectivity index (χ0v) is 15.1. The van der Waals surface area contributed by atoms with Gasteiger partial charge in [0.2, 0.25) is 0 Å². The summed E-state index contributed by atoms with van der Waals surface area (Å²) in [5.74, 6) is -2.96. The lowest BCUT2D eigenvalue weighted by Gasteiger charge is -2.59. The fourth-order valence-corrected chi connectivity index (χ4v) is 8.12. The molecule has 0 heterocycles. The molecule has 26 heavy (non-hydrogen) atoms. The molecule has 5 saturated carbocycles. The number of carbonyl (C=O) groups excluding carboxylic acids is 2. The van der Waals surface area contributed by atoms with Gasteiger partial charge in [-0.15, -0.1) is 0 Å². The molecule has 5 aliphatic rings. The van der Waals surface area contributed by atoms with Crippen LogP contribution in [0.4, 0.5) is 0 Å². The van der Waals surface area contributed by atoms with Crippen LogP contribution < -0.4 is 0 Å². The number of aliphatic hydroxyl groups excluding tert-OH is 3. The van der Waals surface area contributed by atoms with Crippen LogP contribution in [0.25, 0.3) is 0 Å². The maximum Gasteiger partial charge on any atom is 0.172 e. The van der Waals surface area contributed by atoms with E-state index in [9.17, 15) is 30.0 Å². The highest BCUT2D eigenvalue weighted by molar-refractivity contribution is 6.12. The van der Waals surface area contributed by atoms with Gasteiger partial charge in [-0.05, 0) is 42.6 Å². The maximum atomic E-state index is 13.5. The Morgan fingerprint density at radius 3 is 2.38 bits per heavy atom. The number of hydrogen-bond donors (Lipinski definition) is 4. The summed E-state index contributed by atoms with van der Waals surface area (Å²) in [6, 6.07) is 0. The molecule has 0 aromatic carbocycles. The molecule has 4 bridgehead atoms. The van der Waals surface area contributed by atoms with Gasteiger partial charge in [0, 0.05) is 17.3 Å². The number of aliphatic hydroxyl groups is 4. The Bertz CT molecular complexity index is 772. The molecule has 4 N–H and O–H groups in total. The predicted molar refractivity (Wildman–Crippen MR) is 89.7 cm³/mol. The number of rotatable bonds is 0. The van der Waals surface area contributed by atoms with Crippen molar-refractivity contribution in [2.24, 2.45) is 34.0 Å². The van der Waals surface area contributed by atoms with E-state index in [1.165, 1.54) is 0 Å². The summed E-state index contributed by atoms with van der Waals surface area (Å²) in [6.07, 6.45) is -1.83. The van der Waals surface area contributed by atoms with E-state index in [2.05, 4.69) is 6.58 Å². The molecule has 0 aliphatic heterocycles. The molecule has 0 aromatic rings. The number of hydrogen-bond acceptors (Lipinski definition) is 6. The molecule has 142 valence electrons. The quantitative estimate of drug-likeness (QED) is 0.450. The van der Waals surface area contributed by atoms with Crippen molar-refractivity contribution in [2.45, 2.75) is 63.4 Å². The van der Waals surface area contributed by atoms with Gasteiger partial charge < -0.3 is 20.4 Å². The summed E-state index contributed by atoms with van der Waals surface area (Å²) in [6.45, 7) is 7.66. The van der Waals surface area contributed by atoms with E-state index in [1.54, 1.807) is 0 Å². The molecule has 0 unspecified atom stereocenters. The number of Topliss-reactive ketones (excluding diaryl/α,β-unsaturated/α-hetero) is 2. The largest absolute Gasteiger partial charge is 0.392 e. The highest BCUT2D eigenvalue weighted by Gasteiger charge is 2.93. The van der Waals surface area contributed by atoms with Gasteiger partial charge in [0.25, 0.3) is 0 Å². The van der Waals surface area contributed by atoms with Crippen LogP contribution in [0.3, 0.4) is 0 Å². The predicted octanol–water partition coefficient (Wildman–Crippen LogP) is -0.0294. The normalized spacial score (nSPS) is 59.5. The van der Waals surface area contributed by atoms with Gasteiger partial charge in [-0.3, -0.25) is 9.59 Å². The van der Waals surface area contributed by atoms with Crippen LogP contribution in [0.15, 0.2) is 12.2 Å². The number of fused-ring (bicyclic) bond motifs is 2. The fourth-order valence-electron chi connectivity index (χ4n) is 8.12. The first kappa shape index (κ1) is 17.0. The summed E-state index contributed by atoms with van der Waals surface area (Å²) >= 11 is 0. The maximum absolute atomic E-state index is 13.5. The van der Waals surface area contributed by atoms with Crippen molar-refractivity contribution in [3.05, 3.63) is 12.2 Å². The van der Waals surface area contributed by atoms with Crippen molar-refractivity contribution >= 4 is 11.6 Å². The Labute approximate surface area is 151 Å². The Balaban J connectivity index is 1.86. The van der Waals surface area contributed by atoms with Crippen LogP contribution in [0.2, 0.25) is 0 Å². The van der Waals surface area contributed by atoms with Crippen LogP contribution in [0, 0.1) is 34.0 Å². The first-order chi connectivity index (χ1) is 12.0. The van der Waals surface area contributed by atoms with E-state index in [-0.39, 0.29) is 5.57 Å². The van der Waals surface area contributed by atoms with E-state index in [1.807, 2.05) is 13.8 Å². The Hall–Kier alpha value is -1.08. The van der Waals surface area contributed by atoms with Crippen LogP contribution >= 0.6 is 0 Å². The Morgan fingerprint density at radius 2 is 1.73 bits per heavy atom. The lowest BCUT2D eigenvalue weighted by atomic mass is 9.43. The molecule has 6 nitrogen and oxygen atoms in total. The topological polar surface area (TPSA) is 115 Å². The Kier molecular flexibility index (Phi) is 2.83. The molecule has 0 amide bonds. The molecular weight excluding hydrogens is 336 g/mol. The van der Waals surface area contributed by atoms with E-state index in [4.69, 9.17) is 0 Å². The first-order valence-electron chi connectivity index (χ1n) is 9.56. The molecule has 6 heteroatoms. The van der Waals surface area contributed by atoms with E-state index in [0.29, 0.717) is 25.7 Å². The second kappa shape index (κ2) is 4.32. The smallest absolute Gasteiger partial charge is 0.172 e. The van der Waals surface area contributed by atoms with Crippen LogP contribution in [-0.2, 0) is 9.59 Å². The lowest BCUT2D eigenvalue weighted by molar-refractivity contribution is -0.210. The van der Waals surface area contributed by atoms with E-state index < -0.39 is 69.5 Å². The average Bonchev–Trinajstić information content (AvgIpc) is 2.91. The van der Waals surface area contributed by atoms with Gasteiger partial charge in [-0.2, -0.15) is 0 Å². The minimum absolute atomic E-state index is 0.235. The summed E-state index contributed by atoms with van der Waals surface area (Å²) in [7, 11) is 0. The van der Waals surface area contributed by atoms with Gasteiger partial charge in [0.05, 0.1) is 12.2 Å². The monoisotopic (exact) mass is 362 g/mol. The van der Waals surface area contributed by atoms with Gasteiger partial charge in [-0.1, -0.05) is 20.4 Å². The second-order valence-corrected chi connectivity index (χ2v) is 9.91. The number of carbonyl (C=O) groups is 2. The number of ketones is 2. The third-order valence-electron chi connectivity index (χ3n) is 8.94. The molecule has 9 atom stereocenters. The summed E-state index contributed by atoms with van der Waals surface area (Å²) in [5, 5.41) is 45.0. The molecule has 2 spiro atoms. The molecule has 5 aliphatic carbocycles. The van der Waals surface area contributed by atoms with Crippen LogP contribution in [-0.4, -0.2) is 55.9 Å². The van der Waals surface area contributed by atoms with Crippen molar-refractivity contribution in [3.8, 4) is 0 Å². The van der Waals surface area contributed by atoms with Crippen molar-refractivity contribution < 1.29 is 30.0 Å². The van der Waals surface area contributed by atoms with Crippen LogP contribution in [0.1, 0.15) is 39.5 Å². The van der Waals surface area contributed by atoms with Gasteiger partial charge in [0.15, 0.2) is 17.2 Å². The van der Waals surface area contributed by atoms with Crippen molar-refractivity contribution in [2.75, 3.05) is 0 Å². The first-order valence-corrected chi connectivity index (χ1v) is 9.56. The zero-order valence-electron chi connectivity index (χ0n) is 15.1. The van der Waals surface area contributed by atoms with Crippen LogP contribution in [0.5, 0.6) is 0 Å². The molecular formula is C20H26O6. The Morgan fingerprint density at radius 1 is 1.08 bits per heavy atom. The van der Waals surface area contributed by atoms with Crippen molar-refractivity contribution in [1.29, 1.82) is 0 Å². The van der Waals surface area contributed by atoms with Crippen molar-refractivity contribution in [1.82, 2.24) is 0 Å². The van der Waals surface area contributed by atoms with Gasteiger partial charge >= 0.3 is 0 Å². The standard InChI is InChI=1S/C20H26O6/c1-8-9-4-5-10-18-11(21)6-7-17(2,3)12(18)15(24)20(26,16(18)25)19(10,13(8)22)14(9)23/h9-12,14,16,21,23,25-26H,1,4-7H2,2-3H3/t9-,10-,11-,12+,14+,16-,18-,19-,20+/m0/s1. The molecule has 5 fully saturated rings. The highest BCUT2D eigenvalue weighted by atomic mass is 16.4. The molecule has 5 rings (SSSR count). The SMILES string of the molecule is C=C1C(=O)[C@]23[C@H](O)[C@H]1CC[C@H]2[C@]12[C@H](C(=O)[C@@]3(O)[C@H]1O)C(C)(C)CC[C@@H]2O. The minimum Gasteiger partial charge on any atom is -0.392 e. The van der Waals surface area contributed by atoms with Gasteiger partial charge in [-0.25, -0.2) is 0 Å². The fraction of sp³-hybridized carbons (Fsp3) is 0.800. The molecule has 0 saturated heterocycles. The summed E-state index contributed by atoms with van der Waals surface area (Å²) < 4.78 is 0. The summed E-state index contributed by atoms with van der Waals surface area (Å²) in [5.41, 5.74) is -5.70. The minimum atomic E-state index is -2.36.